The summed E-state index contributed by atoms with van der Waals surface area (Å²) in [6.45, 7) is 0. The van der Waals surface area contributed by atoms with Crippen molar-refractivity contribution in [2.45, 2.75) is 19.7 Å². The third-order valence-electron chi connectivity index (χ3n) is 1.10. The first-order valence-electron chi connectivity index (χ1n) is 4.67. The third-order valence-corrected chi connectivity index (χ3v) is 2.09. The molecule has 0 aliphatic rings. The van der Waals surface area contributed by atoms with Crippen LogP contribution in [0, 0.1) is 0 Å². The quantitative estimate of drug-likeness (QED) is 0.627. The number of carboxylic acid groups (broad SMARTS) is 1. The summed E-state index contributed by atoms with van der Waals surface area (Å²) in [5.41, 5.74) is 0. The first kappa shape index (κ1) is 14.8. The third kappa shape index (κ3) is 11.8. The zero-order chi connectivity index (χ0) is 11.7. The minimum atomic E-state index is -1.03. The molecular weight excluding hydrogens is 315 g/mol. The summed E-state index contributed by atoms with van der Waals surface area (Å²) in [6, 6.07) is 9.37. The average Bonchev–Trinajstić information content (AvgIpc) is 2.15. The first-order chi connectivity index (χ1) is 7.02. The van der Waals surface area contributed by atoms with Crippen molar-refractivity contribution >= 4 is 37.5 Å². The summed E-state index contributed by atoms with van der Waals surface area (Å²) in [6.07, 6.45) is 0. The molecule has 0 amide bonds. The molecule has 1 aromatic rings. The molecule has 1 aromatic carbocycles. The van der Waals surface area contributed by atoms with Gasteiger partial charge in [-0.3, -0.25) is 0 Å². The van der Waals surface area contributed by atoms with Gasteiger partial charge in [0.05, 0.1) is 5.97 Å². The SMILES string of the molecule is O=C([O-])CSc1ccccc1.[CH3][Sn+]([CH3])[CH3]. The van der Waals surface area contributed by atoms with Gasteiger partial charge in [-0.05, 0) is 12.1 Å². The van der Waals surface area contributed by atoms with Crippen molar-refractivity contribution < 1.29 is 9.90 Å². The molecule has 0 atom stereocenters. The maximum absolute atomic E-state index is 10.0. The molecule has 0 fully saturated rings. The molecule has 0 N–H and O–H groups in total. The molecule has 0 aliphatic heterocycles. The number of carbonyl (C=O) groups is 1. The molecule has 4 heteroatoms. The summed E-state index contributed by atoms with van der Waals surface area (Å²) in [5.74, 6) is -1.01. The standard InChI is InChI=1S/C8H8O2S.3CH3.Sn/c9-8(10)6-11-7-4-2-1-3-5-7;;;;/h1-5H,6H2,(H,9,10);3*1H3;/q;;;;+1/p-1. The van der Waals surface area contributed by atoms with Gasteiger partial charge in [0.15, 0.2) is 0 Å². The fourth-order valence-electron chi connectivity index (χ4n) is 0.659. The van der Waals surface area contributed by atoms with E-state index >= 15 is 0 Å². The molecule has 0 saturated heterocycles. The molecule has 0 saturated carbocycles. The van der Waals surface area contributed by atoms with E-state index in [9.17, 15) is 9.90 Å². The Morgan fingerprint density at radius 3 is 2.13 bits per heavy atom. The van der Waals surface area contributed by atoms with Crippen LogP contribution >= 0.6 is 11.8 Å². The van der Waals surface area contributed by atoms with Crippen LogP contribution in [0.1, 0.15) is 0 Å². The number of carboxylic acids is 1. The first-order valence-corrected chi connectivity index (χ1v) is 14.2. The Kier molecular flexibility index (Phi) is 9.00. The van der Waals surface area contributed by atoms with Gasteiger partial charge in [-0.15, -0.1) is 11.8 Å². The number of hydrogen-bond donors (Lipinski definition) is 0. The normalized spacial score (nSPS) is 8.73. The van der Waals surface area contributed by atoms with Gasteiger partial charge in [0.1, 0.15) is 0 Å². The fourth-order valence-corrected chi connectivity index (χ4v) is 1.29. The Hall–Kier alpha value is -0.161. The molecule has 0 aromatic heterocycles. The Morgan fingerprint density at radius 2 is 1.73 bits per heavy atom. The summed E-state index contributed by atoms with van der Waals surface area (Å²) >= 11 is 0.723. The second kappa shape index (κ2) is 9.09. The van der Waals surface area contributed by atoms with E-state index in [-0.39, 0.29) is 5.75 Å². The van der Waals surface area contributed by atoms with Gasteiger partial charge in [-0.25, -0.2) is 0 Å². The van der Waals surface area contributed by atoms with Crippen molar-refractivity contribution in [3.05, 3.63) is 30.3 Å². The van der Waals surface area contributed by atoms with Crippen LogP contribution in [0.15, 0.2) is 35.2 Å². The summed E-state index contributed by atoms with van der Waals surface area (Å²) < 4.78 is 0. The predicted molar refractivity (Wildman–Crippen MR) is 65.5 cm³/mol. The van der Waals surface area contributed by atoms with E-state index in [0.717, 1.165) is 4.90 Å². The van der Waals surface area contributed by atoms with Gasteiger partial charge in [0.25, 0.3) is 0 Å². The van der Waals surface area contributed by atoms with Crippen molar-refractivity contribution in [1.82, 2.24) is 0 Å². The van der Waals surface area contributed by atoms with Crippen molar-refractivity contribution in [2.24, 2.45) is 0 Å². The van der Waals surface area contributed by atoms with Crippen LogP contribution in [-0.4, -0.2) is 31.5 Å². The van der Waals surface area contributed by atoms with E-state index in [4.69, 9.17) is 0 Å². The van der Waals surface area contributed by atoms with Crippen molar-refractivity contribution in [3.63, 3.8) is 0 Å². The number of carbonyl (C=O) groups excluding carboxylic acids is 1. The van der Waals surface area contributed by atoms with E-state index in [1.807, 2.05) is 30.3 Å². The van der Waals surface area contributed by atoms with E-state index in [1.54, 1.807) is 0 Å². The van der Waals surface area contributed by atoms with E-state index in [0.29, 0.717) is 0 Å². The van der Waals surface area contributed by atoms with Crippen LogP contribution in [0.2, 0.25) is 14.8 Å². The summed E-state index contributed by atoms with van der Waals surface area (Å²) in [7, 11) is 0. The number of hydrogen-bond acceptors (Lipinski definition) is 3. The molecule has 0 aliphatic carbocycles. The minimum absolute atomic E-state index is 0.0179. The number of benzene rings is 1. The predicted octanol–water partition coefficient (Wildman–Crippen LogP) is 1.90. The Bertz CT molecular complexity index is 272. The van der Waals surface area contributed by atoms with Gasteiger partial charge in [0, 0.05) is 10.6 Å². The second-order valence-electron chi connectivity index (χ2n) is 3.47. The van der Waals surface area contributed by atoms with Gasteiger partial charge in [-0.2, -0.15) is 0 Å². The van der Waals surface area contributed by atoms with Crippen LogP contribution in [0.5, 0.6) is 0 Å². The molecule has 1 rings (SSSR count). The molecule has 0 heterocycles. The van der Waals surface area contributed by atoms with Gasteiger partial charge in [0.2, 0.25) is 0 Å². The van der Waals surface area contributed by atoms with Crippen molar-refractivity contribution in [2.75, 3.05) is 5.75 Å². The Labute approximate surface area is 103 Å². The Morgan fingerprint density at radius 1 is 1.27 bits per heavy atom. The average molecular weight is 331 g/mol. The van der Waals surface area contributed by atoms with Crippen LogP contribution < -0.4 is 5.11 Å². The monoisotopic (exact) mass is 332 g/mol. The van der Waals surface area contributed by atoms with Crippen LogP contribution in [0.25, 0.3) is 0 Å². The van der Waals surface area contributed by atoms with E-state index < -0.39 is 25.7 Å². The van der Waals surface area contributed by atoms with Gasteiger partial charge >= 0.3 is 34.6 Å². The van der Waals surface area contributed by atoms with Crippen molar-refractivity contribution in [1.29, 1.82) is 0 Å². The zero-order valence-electron chi connectivity index (χ0n) is 9.32. The molecule has 2 nitrogen and oxygen atoms in total. The van der Waals surface area contributed by atoms with Crippen molar-refractivity contribution in [3.8, 4) is 0 Å². The number of rotatable bonds is 3. The molecule has 0 unspecified atom stereocenters. The second-order valence-corrected chi connectivity index (χ2v) is 13.1. The van der Waals surface area contributed by atoms with Crippen LogP contribution in [0.3, 0.4) is 0 Å². The van der Waals surface area contributed by atoms with Crippen LogP contribution in [-0.2, 0) is 4.79 Å². The molecule has 0 spiro atoms. The van der Waals surface area contributed by atoms with Crippen LogP contribution in [0.4, 0.5) is 0 Å². The molecule has 82 valence electrons. The summed E-state index contributed by atoms with van der Waals surface area (Å²) in [5, 5.41) is 10.0. The van der Waals surface area contributed by atoms with Gasteiger partial charge in [-0.1, -0.05) is 18.2 Å². The number of thioether (sulfide) groups is 1. The molecule has 0 radical (unpaired) electrons. The topological polar surface area (TPSA) is 40.1 Å². The number of aliphatic carboxylic acids is 1. The molecule has 0 bridgehead atoms. The molecule has 15 heavy (non-hydrogen) atoms. The summed E-state index contributed by atoms with van der Waals surface area (Å²) in [4.78, 5) is 18.1. The Balaban J connectivity index is 0.000000423. The van der Waals surface area contributed by atoms with E-state index in [2.05, 4.69) is 14.8 Å². The maximum atomic E-state index is 10.0. The molecular formula is C11H16O2SSn. The fraction of sp³-hybridized carbons (Fsp3) is 0.364. The van der Waals surface area contributed by atoms with E-state index in [1.165, 1.54) is 11.8 Å². The van der Waals surface area contributed by atoms with Gasteiger partial charge < -0.3 is 9.90 Å². The zero-order valence-corrected chi connectivity index (χ0v) is 13.0.